The van der Waals surface area contributed by atoms with Crippen LogP contribution in [0.3, 0.4) is 0 Å². The molecule has 2 aliphatic heterocycles. The van der Waals surface area contributed by atoms with Crippen molar-refractivity contribution in [2.24, 2.45) is 5.41 Å². The molecule has 1 atom stereocenters. The average Bonchev–Trinajstić information content (AvgIpc) is 3.23. The van der Waals surface area contributed by atoms with Crippen LogP contribution in [0.1, 0.15) is 43.9 Å². The molecule has 1 aliphatic carbocycles. The first kappa shape index (κ1) is 19.8. The number of ketones is 1. The van der Waals surface area contributed by atoms with Crippen molar-refractivity contribution >= 4 is 33.5 Å². The zero-order valence-electron chi connectivity index (χ0n) is 18.3. The number of rotatable bonds is 2. The van der Waals surface area contributed by atoms with E-state index in [1.54, 1.807) is 6.07 Å². The van der Waals surface area contributed by atoms with Gasteiger partial charge in [0.1, 0.15) is 0 Å². The number of anilines is 1. The first-order valence-electron chi connectivity index (χ1n) is 10.9. The van der Waals surface area contributed by atoms with E-state index in [1.807, 2.05) is 18.2 Å². The van der Waals surface area contributed by atoms with Gasteiger partial charge < -0.3 is 14.8 Å². The summed E-state index contributed by atoms with van der Waals surface area (Å²) in [5, 5.41) is 17.6. The van der Waals surface area contributed by atoms with Crippen molar-refractivity contribution < 1.29 is 19.2 Å². The van der Waals surface area contributed by atoms with Crippen molar-refractivity contribution in [1.29, 1.82) is 0 Å². The Morgan fingerprint density at radius 3 is 2.45 bits per heavy atom. The molecule has 3 aromatic rings. The quantitative estimate of drug-likeness (QED) is 0.399. The van der Waals surface area contributed by atoms with Gasteiger partial charge in [-0.1, -0.05) is 38.1 Å². The number of allylic oxidation sites excluding steroid dienone is 1. The molecule has 33 heavy (non-hydrogen) atoms. The van der Waals surface area contributed by atoms with Crippen molar-refractivity contribution in [2.45, 2.75) is 32.7 Å². The Labute approximate surface area is 190 Å². The van der Waals surface area contributed by atoms with E-state index < -0.39 is 11.0 Å². The predicted octanol–water partition coefficient (Wildman–Crippen LogP) is 5.79. The fourth-order valence-electron chi connectivity index (χ4n) is 5.32. The SMILES string of the molecule is CC1(C)CC(=O)C2=C(C1)c1cc3ccccc3cc1N[C@@H]2c1cc2c(cc1[N+](=O)[O-])OCO2. The Morgan fingerprint density at radius 1 is 1.03 bits per heavy atom. The van der Waals surface area contributed by atoms with Crippen LogP contribution in [0.4, 0.5) is 11.4 Å². The molecule has 3 aliphatic rings. The lowest BCUT2D eigenvalue weighted by molar-refractivity contribution is -0.385. The standard InChI is InChI=1S/C26H22N2O5/c1-26(2)11-18-16-7-14-5-3-4-6-15(14)8-19(16)27-25(24(18)21(29)12-26)17-9-22-23(33-13-32-22)10-20(17)28(30)31/h3-10,25,27H,11-13H2,1-2H3/t25-/m1/s1. The summed E-state index contributed by atoms with van der Waals surface area (Å²) in [5.74, 6) is 0.815. The summed E-state index contributed by atoms with van der Waals surface area (Å²) in [6, 6.07) is 14.6. The smallest absolute Gasteiger partial charge is 0.279 e. The number of hydrogen-bond donors (Lipinski definition) is 1. The number of hydrogen-bond acceptors (Lipinski definition) is 6. The van der Waals surface area contributed by atoms with Gasteiger partial charge in [0, 0.05) is 23.2 Å². The monoisotopic (exact) mass is 442 g/mol. The lowest BCUT2D eigenvalue weighted by Gasteiger charge is -2.39. The molecule has 0 saturated heterocycles. The highest BCUT2D eigenvalue weighted by molar-refractivity contribution is 6.10. The minimum atomic E-state index is -0.646. The molecule has 0 unspecified atom stereocenters. The third-order valence-corrected chi connectivity index (χ3v) is 6.75. The molecule has 0 radical (unpaired) electrons. The maximum absolute atomic E-state index is 13.5. The van der Waals surface area contributed by atoms with E-state index in [0.717, 1.165) is 34.0 Å². The second kappa shape index (κ2) is 6.81. The summed E-state index contributed by atoms with van der Waals surface area (Å²) < 4.78 is 10.9. The van der Waals surface area contributed by atoms with Gasteiger partial charge >= 0.3 is 0 Å². The number of carbonyl (C=O) groups excluding carboxylic acids is 1. The van der Waals surface area contributed by atoms with Crippen molar-refractivity contribution in [2.75, 3.05) is 12.1 Å². The van der Waals surface area contributed by atoms with E-state index in [0.29, 0.717) is 29.1 Å². The molecule has 0 fully saturated rings. The number of nitrogens with zero attached hydrogens (tertiary/aromatic N) is 1. The first-order chi connectivity index (χ1) is 15.8. The van der Waals surface area contributed by atoms with Crippen LogP contribution >= 0.6 is 0 Å². The Balaban J connectivity index is 1.62. The second-order valence-corrected chi connectivity index (χ2v) is 9.68. The minimum absolute atomic E-state index is 0.0178. The molecule has 2 heterocycles. The molecule has 1 N–H and O–H groups in total. The lowest BCUT2D eigenvalue weighted by atomic mass is 9.68. The molecule has 6 rings (SSSR count). The van der Waals surface area contributed by atoms with Gasteiger partial charge in [0.15, 0.2) is 17.3 Å². The number of carbonyl (C=O) groups is 1. The fourth-order valence-corrected chi connectivity index (χ4v) is 5.32. The van der Waals surface area contributed by atoms with E-state index in [-0.39, 0.29) is 23.7 Å². The summed E-state index contributed by atoms with van der Waals surface area (Å²) in [4.78, 5) is 25.1. The predicted molar refractivity (Wildman–Crippen MR) is 124 cm³/mol. The maximum Gasteiger partial charge on any atom is 0.279 e. The number of nitrogens with one attached hydrogen (secondary N) is 1. The number of nitro benzene ring substituents is 1. The van der Waals surface area contributed by atoms with Gasteiger partial charge in [-0.05, 0) is 46.4 Å². The van der Waals surface area contributed by atoms with Gasteiger partial charge in [-0.3, -0.25) is 14.9 Å². The zero-order chi connectivity index (χ0) is 22.9. The highest BCUT2D eigenvalue weighted by Gasteiger charge is 2.42. The summed E-state index contributed by atoms with van der Waals surface area (Å²) in [7, 11) is 0. The number of Topliss-reactive ketones (excluding diaryl/α,β-unsaturated/α-hetero) is 1. The summed E-state index contributed by atoms with van der Waals surface area (Å²) >= 11 is 0. The van der Waals surface area contributed by atoms with Crippen LogP contribution in [0.15, 0.2) is 54.1 Å². The first-order valence-corrected chi connectivity index (χ1v) is 10.9. The third kappa shape index (κ3) is 3.07. The largest absolute Gasteiger partial charge is 0.454 e. The topological polar surface area (TPSA) is 90.7 Å². The number of ether oxygens (including phenoxy) is 2. The Bertz CT molecular complexity index is 1410. The van der Waals surface area contributed by atoms with Crippen LogP contribution in [0.2, 0.25) is 0 Å². The third-order valence-electron chi connectivity index (χ3n) is 6.75. The van der Waals surface area contributed by atoms with E-state index >= 15 is 0 Å². The molecule has 7 heteroatoms. The second-order valence-electron chi connectivity index (χ2n) is 9.68. The highest BCUT2D eigenvalue weighted by Crippen LogP contribution is 2.53. The van der Waals surface area contributed by atoms with E-state index in [1.165, 1.54) is 6.07 Å². The Kier molecular flexibility index (Phi) is 4.08. The van der Waals surface area contributed by atoms with Crippen molar-refractivity contribution in [1.82, 2.24) is 0 Å². The normalized spacial score (nSPS) is 20.3. The maximum atomic E-state index is 13.5. The van der Waals surface area contributed by atoms with Crippen LogP contribution < -0.4 is 14.8 Å². The van der Waals surface area contributed by atoms with Crippen LogP contribution in [0.25, 0.3) is 16.3 Å². The summed E-state index contributed by atoms with van der Waals surface area (Å²) in [6.45, 7) is 4.20. The van der Waals surface area contributed by atoms with Crippen LogP contribution in [0, 0.1) is 15.5 Å². The molecule has 3 aromatic carbocycles. The van der Waals surface area contributed by atoms with Crippen LogP contribution in [-0.4, -0.2) is 17.5 Å². The van der Waals surface area contributed by atoms with E-state index in [9.17, 15) is 14.9 Å². The van der Waals surface area contributed by atoms with Gasteiger partial charge in [0.05, 0.1) is 22.6 Å². The van der Waals surface area contributed by atoms with Gasteiger partial charge in [-0.15, -0.1) is 0 Å². The molecule has 7 nitrogen and oxygen atoms in total. The summed E-state index contributed by atoms with van der Waals surface area (Å²) in [5.41, 5.74) is 3.56. The molecule has 0 aromatic heterocycles. The molecule has 0 amide bonds. The Hall–Kier alpha value is -3.87. The summed E-state index contributed by atoms with van der Waals surface area (Å²) in [6.07, 6.45) is 1.11. The fraction of sp³-hybridized carbons (Fsp3) is 0.269. The zero-order valence-corrected chi connectivity index (χ0v) is 18.3. The van der Waals surface area contributed by atoms with Gasteiger partial charge in [-0.2, -0.15) is 0 Å². The molecule has 0 saturated carbocycles. The van der Waals surface area contributed by atoms with E-state index in [4.69, 9.17) is 9.47 Å². The van der Waals surface area contributed by atoms with Crippen molar-refractivity contribution in [3.8, 4) is 11.5 Å². The molecule has 166 valence electrons. The lowest BCUT2D eigenvalue weighted by Crippen LogP contribution is -2.33. The molecular weight excluding hydrogens is 420 g/mol. The van der Waals surface area contributed by atoms with Gasteiger partial charge in [-0.25, -0.2) is 0 Å². The van der Waals surface area contributed by atoms with Gasteiger partial charge in [0.2, 0.25) is 6.79 Å². The minimum Gasteiger partial charge on any atom is -0.454 e. The number of nitro groups is 1. The van der Waals surface area contributed by atoms with Crippen molar-refractivity contribution in [3.63, 3.8) is 0 Å². The number of benzene rings is 3. The molecule has 0 spiro atoms. The van der Waals surface area contributed by atoms with Gasteiger partial charge in [0.25, 0.3) is 5.69 Å². The average molecular weight is 442 g/mol. The van der Waals surface area contributed by atoms with Crippen molar-refractivity contribution in [3.05, 3.63) is 75.3 Å². The molecule has 0 bridgehead atoms. The van der Waals surface area contributed by atoms with E-state index in [2.05, 4.69) is 37.4 Å². The Morgan fingerprint density at radius 2 is 1.73 bits per heavy atom. The number of fused-ring (bicyclic) bond motifs is 4. The van der Waals surface area contributed by atoms with Crippen LogP contribution in [0.5, 0.6) is 11.5 Å². The highest BCUT2D eigenvalue weighted by atomic mass is 16.7. The van der Waals surface area contributed by atoms with Crippen LogP contribution in [-0.2, 0) is 4.79 Å². The molecular formula is C26H22N2O5.